The molecule has 4 aromatic carbocycles. The van der Waals surface area contributed by atoms with E-state index < -0.39 is 29.3 Å². The molecule has 0 aliphatic heterocycles. The van der Waals surface area contributed by atoms with E-state index in [0.717, 1.165) is 0 Å². The predicted octanol–water partition coefficient (Wildman–Crippen LogP) is 3.38. The van der Waals surface area contributed by atoms with Crippen molar-refractivity contribution in [1.82, 2.24) is 0 Å². The number of fused-ring (bicyclic) bond motifs is 3. The van der Waals surface area contributed by atoms with Crippen LogP contribution in [0.3, 0.4) is 0 Å². The first-order chi connectivity index (χ1) is 18.4. The van der Waals surface area contributed by atoms with Crippen molar-refractivity contribution < 1.29 is 46.1 Å². The van der Waals surface area contributed by atoms with Crippen molar-refractivity contribution >= 4 is 11.3 Å². The molecule has 0 spiro atoms. The van der Waals surface area contributed by atoms with E-state index in [1.165, 1.54) is 22.3 Å². The number of benzene rings is 4. The van der Waals surface area contributed by atoms with Crippen molar-refractivity contribution in [1.29, 1.82) is 0 Å². The van der Waals surface area contributed by atoms with Gasteiger partial charge in [-0.25, -0.2) is 0 Å². The summed E-state index contributed by atoms with van der Waals surface area (Å²) >= 11 is -2.70. The Bertz CT molecular complexity index is 1520. The molecule has 202 valence electrons. The van der Waals surface area contributed by atoms with Crippen LogP contribution in [-0.2, 0) is 21.3 Å². The molecular weight excluding hydrogens is 623 g/mol. The van der Waals surface area contributed by atoms with Gasteiger partial charge in [0.2, 0.25) is 0 Å². The summed E-state index contributed by atoms with van der Waals surface area (Å²) in [5.74, 6) is 0.494. The topological polar surface area (TPSA) is 0 Å². The number of hydrogen-bond acceptors (Lipinski definition) is 0. The van der Waals surface area contributed by atoms with Crippen LogP contribution in [0, 0.1) is 5.92 Å². The number of rotatable bonds is 5. The number of hydrogen-bond donors (Lipinski definition) is 0. The second-order valence-corrected chi connectivity index (χ2v) is 22.8. The normalized spacial score (nSPS) is 15.7. The van der Waals surface area contributed by atoms with E-state index in [1.807, 2.05) is 0 Å². The third kappa shape index (κ3) is 5.41. The van der Waals surface area contributed by atoms with E-state index in [0.29, 0.717) is 9.54 Å². The van der Waals surface area contributed by atoms with Crippen LogP contribution >= 0.6 is 0 Å². The molecular formula is C36H36Cl2SiZr. The molecule has 0 saturated heterocycles. The Morgan fingerprint density at radius 1 is 0.625 bits per heavy atom. The minimum atomic E-state index is -2.70. The molecule has 4 aromatic rings. The zero-order valence-electron chi connectivity index (χ0n) is 23.9. The van der Waals surface area contributed by atoms with E-state index in [1.54, 1.807) is 28.4 Å². The van der Waals surface area contributed by atoms with Crippen molar-refractivity contribution in [3.05, 3.63) is 152 Å². The Kier molecular flexibility index (Phi) is 9.58. The number of halogens is 2. The Labute approximate surface area is 261 Å². The molecule has 40 heavy (non-hydrogen) atoms. The molecule has 6 rings (SSSR count). The molecule has 0 nitrogen and oxygen atoms in total. The molecule has 0 aromatic heterocycles. The summed E-state index contributed by atoms with van der Waals surface area (Å²) in [6, 6.07) is 41.1. The van der Waals surface area contributed by atoms with Crippen LogP contribution in [0.1, 0.15) is 39.7 Å². The molecule has 4 heteroatoms. The third-order valence-corrected chi connectivity index (χ3v) is 19.6. The molecule has 0 radical (unpaired) electrons. The maximum Gasteiger partial charge on any atom is -1.00 e. The maximum atomic E-state index is 2.65. The summed E-state index contributed by atoms with van der Waals surface area (Å²) < 4.78 is 3.89. The zero-order valence-corrected chi connectivity index (χ0v) is 28.9. The van der Waals surface area contributed by atoms with Crippen LogP contribution < -0.4 is 24.8 Å². The van der Waals surface area contributed by atoms with Gasteiger partial charge in [-0.2, -0.15) is 0 Å². The summed E-state index contributed by atoms with van der Waals surface area (Å²) in [5, 5.41) is 1.68. The molecule has 0 amide bonds. The molecule has 2 aliphatic rings. The first-order valence-electron chi connectivity index (χ1n) is 13.8. The van der Waals surface area contributed by atoms with Gasteiger partial charge in [-0.1, -0.05) is 0 Å². The third-order valence-electron chi connectivity index (χ3n) is 8.29. The summed E-state index contributed by atoms with van der Waals surface area (Å²) in [5.41, 5.74) is 10.4. The van der Waals surface area contributed by atoms with Crippen molar-refractivity contribution in [3.63, 3.8) is 0 Å². The van der Waals surface area contributed by atoms with Crippen LogP contribution in [0.15, 0.2) is 129 Å². The summed E-state index contributed by atoms with van der Waals surface area (Å²) in [6.07, 6.45) is 2.65. The average molecular weight is 659 g/mol. The maximum absolute atomic E-state index is 2.70. The predicted molar refractivity (Wildman–Crippen MR) is 163 cm³/mol. The van der Waals surface area contributed by atoms with Gasteiger partial charge >= 0.3 is 238 Å². The summed E-state index contributed by atoms with van der Waals surface area (Å²) in [7, 11) is -1.47. The Morgan fingerprint density at radius 3 is 1.48 bits per heavy atom. The van der Waals surface area contributed by atoms with Crippen molar-refractivity contribution in [3.8, 4) is 11.1 Å². The Hall–Kier alpha value is -2.09. The van der Waals surface area contributed by atoms with Gasteiger partial charge in [0, 0.05) is 0 Å². The second kappa shape index (κ2) is 12.4. The van der Waals surface area contributed by atoms with E-state index in [-0.39, 0.29) is 24.8 Å². The Morgan fingerprint density at radius 2 is 1.05 bits per heavy atom. The van der Waals surface area contributed by atoms with Crippen molar-refractivity contribution in [2.45, 2.75) is 37.1 Å². The first-order valence-corrected chi connectivity index (χ1v) is 21.2. The van der Waals surface area contributed by atoms with Crippen LogP contribution in [0.4, 0.5) is 0 Å². The van der Waals surface area contributed by atoms with Crippen molar-refractivity contribution in [2.24, 2.45) is 5.92 Å². The van der Waals surface area contributed by atoms with Gasteiger partial charge in [0.05, 0.1) is 0 Å². The fourth-order valence-electron chi connectivity index (χ4n) is 6.79. The van der Waals surface area contributed by atoms with Gasteiger partial charge in [-0.15, -0.1) is 0 Å². The van der Waals surface area contributed by atoms with Crippen molar-refractivity contribution in [2.75, 3.05) is 0 Å². The second-order valence-electron chi connectivity index (χ2n) is 11.8. The molecule has 1 atom stereocenters. The van der Waals surface area contributed by atoms with Gasteiger partial charge in [0.1, 0.15) is 0 Å². The Balaban J connectivity index is 0.00000185. The zero-order chi connectivity index (χ0) is 26.4. The fraction of sp³-hybridized carbons (Fsp3) is 0.194. The largest absolute Gasteiger partial charge is 1.00 e. The number of allylic oxidation sites excluding steroid dienone is 4. The first kappa shape index (κ1) is 30.9. The van der Waals surface area contributed by atoms with Crippen LogP contribution in [0.5, 0.6) is 0 Å². The smallest absolute Gasteiger partial charge is 1.00 e. The molecule has 0 fully saturated rings. The van der Waals surface area contributed by atoms with Crippen LogP contribution in [-0.4, -0.2) is 11.3 Å². The summed E-state index contributed by atoms with van der Waals surface area (Å²) in [6.45, 7) is 12.5. The van der Waals surface area contributed by atoms with Gasteiger partial charge in [-0.3, -0.25) is 0 Å². The standard InChI is InChI=1S/C13H9.C13H10.C10H17Si.2ClH.Zr/c1-3-7-12-10(5-1)9-11-6-2-4-8-13(11)12;1-3-7-12(8-4-1)11-13-9-5-2-6-10-13;1-8-6-9(2)10(7-8)11(3,4)5;;;/h1-9H;1-10H;7-8H,1-5H3;2*1H;/q;;;;;+2/p-2. The van der Waals surface area contributed by atoms with E-state index >= 15 is 0 Å². The van der Waals surface area contributed by atoms with Crippen LogP contribution in [0.2, 0.25) is 19.6 Å². The minimum absolute atomic E-state index is 0. The summed E-state index contributed by atoms with van der Waals surface area (Å²) in [4.78, 5) is 0. The SMILES string of the molecule is CC1=[C]([Zr+2](=[C](c2ccccc2)c2ccccc2)[CH]2c3ccccc3-c3ccccc32)C(C)C=C1[Si](C)(C)C.[Cl-].[Cl-]. The van der Waals surface area contributed by atoms with E-state index in [2.05, 4.69) is 149 Å². The van der Waals surface area contributed by atoms with Gasteiger partial charge in [0.25, 0.3) is 0 Å². The van der Waals surface area contributed by atoms with Gasteiger partial charge < -0.3 is 24.8 Å². The van der Waals surface area contributed by atoms with Gasteiger partial charge in [0.15, 0.2) is 0 Å². The van der Waals surface area contributed by atoms with E-state index in [4.69, 9.17) is 0 Å². The molecule has 0 bridgehead atoms. The fourth-order valence-corrected chi connectivity index (χ4v) is 19.1. The average Bonchev–Trinajstić information content (AvgIpc) is 3.42. The monoisotopic (exact) mass is 656 g/mol. The molecule has 1 unspecified atom stereocenters. The van der Waals surface area contributed by atoms with E-state index in [9.17, 15) is 0 Å². The molecule has 2 aliphatic carbocycles. The van der Waals surface area contributed by atoms with Crippen LogP contribution in [0.25, 0.3) is 11.1 Å². The minimum Gasteiger partial charge on any atom is -1.00 e. The molecule has 0 saturated carbocycles. The van der Waals surface area contributed by atoms with Gasteiger partial charge in [-0.05, 0) is 0 Å². The molecule has 0 heterocycles. The quantitative estimate of drug-likeness (QED) is 0.289. The molecule has 0 N–H and O–H groups in total.